The van der Waals surface area contributed by atoms with Gasteiger partial charge in [0.15, 0.2) is 0 Å². The first-order chi connectivity index (χ1) is 14.1. The van der Waals surface area contributed by atoms with Crippen LogP contribution in [-0.4, -0.2) is 43.1 Å². The van der Waals surface area contributed by atoms with Gasteiger partial charge in [-0.2, -0.15) is 13.2 Å². The SMILES string of the molecule is C[C@@H](N[C@H]1CCN(c2cc(F)cc3c2N=C(C2CC2)NS3)[C@H](C(F)(F)F)C1)C(F)F. The fraction of sp³-hybridized carbons (Fsp3) is 0.632. The number of fused-ring (bicyclic) bond motifs is 1. The Balaban J connectivity index is 1.65. The highest BCUT2D eigenvalue weighted by molar-refractivity contribution is 7.98. The van der Waals surface area contributed by atoms with E-state index in [0.29, 0.717) is 16.4 Å². The Morgan fingerprint density at radius 3 is 2.60 bits per heavy atom. The van der Waals surface area contributed by atoms with Crippen LogP contribution >= 0.6 is 11.9 Å². The molecule has 0 radical (unpaired) electrons. The van der Waals surface area contributed by atoms with Gasteiger partial charge < -0.3 is 14.9 Å². The van der Waals surface area contributed by atoms with Crippen molar-refractivity contribution < 1.29 is 26.3 Å². The average molecular weight is 452 g/mol. The minimum atomic E-state index is -4.60. The number of piperidine rings is 1. The van der Waals surface area contributed by atoms with E-state index in [1.807, 2.05) is 0 Å². The first kappa shape index (κ1) is 21.6. The van der Waals surface area contributed by atoms with Crippen LogP contribution in [-0.2, 0) is 0 Å². The second kappa shape index (κ2) is 8.14. The highest BCUT2D eigenvalue weighted by atomic mass is 32.2. The molecule has 30 heavy (non-hydrogen) atoms. The Bertz CT molecular complexity index is 826. The summed E-state index contributed by atoms with van der Waals surface area (Å²) < 4.78 is 84.8. The van der Waals surface area contributed by atoms with E-state index >= 15 is 0 Å². The summed E-state index contributed by atoms with van der Waals surface area (Å²) in [6, 6.07) is -1.48. The Hall–Kier alpha value is -1.62. The van der Waals surface area contributed by atoms with Crippen LogP contribution in [0.15, 0.2) is 22.0 Å². The summed E-state index contributed by atoms with van der Waals surface area (Å²) in [5.74, 6) is 0.314. The fourth-order valence-corrected chi connectivity index (χ4v) is 4.76. The zero-order valence-corrected chi connectivity index (χ0v) is 17.0. The van der Waals surface area contributed by atoms with E-state index in [2.05, 4.69) is 15.0 Å². The van der Waals surface area contributed by atoms with Crippen molar-refractivity contribution >= 4 is 29.2 Å². The Morgan fingerprint density at radius 2 is 1.97 bits per heavy atom. The van der Waals surface area contributed by atoms with Gasteiger partial charge in [-0.1, -0.05) is 0 Å². The lowest BCUT2D eigenvalue weighted by atomic mass is 9.95. The first-order valence-corrected chi connectivity index (χ1v) is 10.7. The Kier molecular flexibility index (Phi) is 5.86. The third-order valence-corrected chi connectivity index (χ3v) is 6.49. The van der Waals surface area contributed by atoms with Crippen LogP contribution in [0.2, 0.25) is 0 Å². The molecule has 2 fully saturated rings. The summed E-state index contributed by atoms with van der Waals surface area (Å²) in [6.07, 6.45) is -5.50. The van der Waals surface area contributed by atoms with Gasteiger partial charge >= 0.3 is 6.18 Å². The molecule has 1 saturated heterocycles. The molecule has 3 aliphatic rings. The largest absolute Gasteiger partial charge is 0.408 e. The molecule has 2 heterocycles. The Labute approximate surface area is 174 Å². The highest BCUT2D eigenvalue weighted by Gasteiger charge is 2.48. The lowest BCUT2D eigenvalue weighted by Gasteiger charge is -2.43. The van der Waals surface area contributed by atoms with Crippen molar-refractivity contribution in [1.82, 2.24) is 10.0 Å². The first-order valence-electron chi connectivity index (χ1n) is 9.86. The van der Waals surface area contributed by atoms with Crippen molar-refractivity contribution in [3.8, 4) is 0 Å². The normalized spacial score (nSPS) is 25.6. The quantitative estimate of drug-likeness (QED) is 0.486. The molecule has 2 aliphatic heterocycles. The molecule has 4 nitrogen and oxygen atoms in total. The van der Waals surface area contributed by atoms with Gasteiger partial charge in [-0.15, -0.1) is 0 Å². The van der Waals surface area contributed by atoms with Gasteiger partial charge in [0.25, 0.3) is 6.43 Å². The molecule has 166 valence electrons. The van der Waals surface area contributed by atoms with E-state index in [9.17, 15) is 26.3 Å². The average Bonchev–Trinajstić information content (AvgIpc) is 3.51. The summed E-state index contributed by atoms with van der Waals surface area (Å²) >= 11 is 1.15. The number of nitrogens with one attached hydrogen (secondary N) is 2. The van der Waals surface area contributed by atoms with E-state index in [-0.39, 0.29) is 24.6 Å². The summed E-state index contributed by atoms with van der Waals surface area (Å²) in [7, 11) is 0. The van der Waals surface area contributed by atoms with Gasteiger partial charge in [-0.05, 0) is 56.7 Å². The van der Waals surface area contributed by atoms with E-state index in [1.165, 1.54) is 13.0 Å². The Morgan fingerprint density at radius 1 is 1.23 bits per heavy atom. The molecule has 0 amide bonds. The molecule has 3 atom stereocenters. The van der Waals surface area contributed by atoms with Crippen molar-refractivity contribution in [2.24, 2.45) is 10.9 Å². The zero-order valence-electron chi connectivity index (χ0n) is 16.1. The third kappa shape index (κ3) is 4.51. The molecule has 4 rings (SSSR count). The maximum atomic E-state index is 14.2. The van der Waals surface area contributed by atoms with Crippen LogP contribution in [0.1, 0.15) is 32.6 Å². The van der Waals surface area contributed by atoms with Crippen molar-refractivity contribution in [2.75, 3.05) is 11.4 Å². The number of amidine groups is 1. The van der Waals surface area contributed by atoms with Gasteiger partial charge in [0.2, 0.25) is 0 Å². The molecule has 0 bridgehead atoms. The van der Waals surface area contributed by atoms with Gasteiger partial charge in [-0.3, -0.25) is 0 Å². The second-order valence-corrected chi connectivity index (χ2v) is 8.86. The molecule has 0 spiro atoms. The van der Waals surface area contributed by atoms with E-state index in [0.717, 1.165) is 35.8 Å². The third-order valence-electron chi connectivity index (χ3n) is 5.65. The summed E-state index contributed by atoms with van der Waals surface area (Å²) in [5, 5.41) is 2.60. The van der Waals surface area contributed by atoms with Crippen molar-refractivity contribution in [3.63, 3.8) is 0 Å². The molecule has 0 unspecified atom stereocenters. The fourth-order valence-electron chi connectivity index (χ4n) is 3.91. The maximum absolute atomic E-state index is 14.2. The molecule has 1 aromatic carbocycles. The molecule has 1 aliphatic carbocycles. The second-order valence-electron chi connectivity index (χ2n) is 8.01. The number of halogens is 6. The van der Waals surface area contributed by atoms with Crippen LogP contribution in [0.5, 0.6) is 0 Å². The minimum absolute atomic E-state index is 0.0416. The molecule has 1 saturated carbocycles. The molecule has 2 N–H and O–H groups in total. The maximum Gasteiger partial charge on any atom is 0.408 e. The highest BCUT2D eigenvalue weighted by Crippen LogP contribution is 2.46. The molecule has 1 aromatic rings. The van der Waals surface area contributed by atoms with Crippen LogP contribution in [0, 0.1) is 11.7 Å². The number of rotatable bonds is 5. The van der Waals surface area contributed by atoms with Gasteiger partial charge in [0.05, 0.1) is 16.6 Å². The zero-order chi connectivity index (χ0) is 21.6. The minimum Gasteiger partial charge on any atom is -0.358 e. The topological polar surface area (TPSA) is 39.7 Å². The summed E-state index contributed by atoms with van der Waals surface area (Å²) in [4.78, 5) is 6.09. The lowest BCUT2D eigenvalue weighted by molar-refractivity contribution is -0.154. The number of alkyl halides is 5. The molecule has 0 aromatic heterocycles. The number of hydrogen-bond donors (Lipinski definition) is 2. The van der Waals surface area contributed by atoms with E-state index in [1.54, 1.807) is 0 Å². The van der Waals surface area contributed by atoms with Gasteiger partial charge in [0, 0.05) is 18.5 Å². The predicted octanol–water partition coefficient (Wildman–Crippen LogP) is 5.02. The number of hydrogen-bond acceptors (Lipinski definition) is 5. The van der Waals surface area contributed by atoms with Crippen LogP contribution in [0.4, 0.5) is 37.7 Å². The van der Waals surface area contributed by atoms with Crippen LogP contribution < -0.4 is 14.9 Å². The molecule has 11 heteroatoms. The van der Waals surface area contributed by atoms with E-state index < -0.39 is 43.0 Å². The molecular weight excluding hydrogens is 430 g/mol. The van der Waals surface area contributed by atoms with Crippen LogP contribution in [0.25, 0.3) is 0 Å². The van der Waals surface area contributed by atoms with Crippen LogP contribution in [0.3, 0.4) is 0 Å². The van der Waals surface area contributed by atoms with Crippen molar-refractivity contribution in [2.45, 2.75) is 68.2 Å². The van der Waals surface area contributed by atoms with E-state index in [4.69, 9.17) is 0 Å². The number of aliphatic imine (C=N–C) groups is 1. The standard InChI is InChI=1S/C19H22F6N4S/c1-9(17(21)22)26-12-4-5-29(15(8-12)19(23,24)25)13-6-11(20)7-14-16(13)27-18(28-30-14)10-2-3-10/h6-7,9-10,12,15,17,26H,2-5,8H2,1H3,(H,27,28)/t9-,12+,15+/m1/s1. The summed E-state index contributed by atoms with van der Waals surface area (Å²) in [6.45, 7) is 1.21. The predicted molar refractivity (Wildman–Crippen MR) is 104 cm³/mol. The smallest absolute Gasteiger partial charge is 0.358 e. The number of benzene rings is 1. The van der Waals surface area contributed by atoms with Gasteiger partial charge in [0.1, 0.15) is 23.4 Å². The van der Waals surface area contributed by atoms with Gasteiger partial charge in [-0.25, -0.2) is 18.2 Å². The lowest BCUT2D eigenvalue weighted by Crippen LogP contribution is -2.56. The summed E-state index contributed by atoms with van der Waals surface area (Å²) in [5.41, 5.74) is 0.434. The van der Waals surface area contributed by atoms with Crippen molar-refractivity contribution in [1.29, 1.82) is 0 Å². The number of anilines is 1. The monoisotopic (exact) mass is 452 g/mol. The van der Waals surface area contributed by atoms with Crippen molar-refractivity contribution in [3.05, 3.63) is 17.9 Å². The molecular formula is C19H22F6N4S. The number of nitrogens with zero attached hydrogens (tertiary/aromatic N) is 2.